The fourth-order valence-electron chi connectivity index (χ4n) is 1.56. The Balaban J connectivity index is 3.46. The van der Waals surface area contributed by atoms with E-state index in [1.807, 2.05) is 0 Å². The summed E-state index contributed by atoms with van der Waals surface area (Å²) in [6.45, 7) is 4.86. The molecule has 0 heterocycles. The van der Waals surface area contributed by atoms with E-state index in [1.165, 1.54) is 18.2 Å². The van der Waals surface area contributed by atoms with Gasteiger partial charge in [0, 0.05) is 6.26 Å². The molecule has 0 spiro atoms. The molecule has 0 saturated heterocycles. The second-order valence-corrected chi connectivity index (χ2v) is 7.19. The van der Waals surface area contributed by atoms with Gasteiger partial charge in [0.25, 0.3) is 0 Å². The molecule has 0 amide bonds. The third-order valence-corrected chi connectivity index (χ3v) is 4.21. The van der Waals surface area contributed by atoms with Crippen molar-refractivity contribution in [3.05, 3.63) is 28.3 Å². The van der Waals surface area contributed by atoms with Crippen LogP contribution in [0.2, 0.25) is 0 Å². The van der Waals surface area contributed by atoms with E-state index < -0.39 is 32.1 Å². The molecule has 20 heavy (non-hydrogen) atoms. The SMILES string of the molecule is CC(O)C(C)(C)Nc1cccc(S(C)(=O)=O)c1[N+](=O)[O-]. The fraction of sp³-hybridized carbons (Fsp3) is 0.500. The highest BCUT2D eigenvalue weighted by Gasteiger charge is 2.31. The topological polar surface area (TPSA) is 110 Å². The molecule has 1 aromatic carbocycles. The van der Waals surface area contributed by atoms with Crippen molar-refractivity contribution < 1.29 is 18.4 Å². The minimum Gasteiger partial charge on any atom is -0.391 e. The van der Waals surface area contributed by atoms with Crippen LogP contribution in [0.4, 0.5) is 11.4 Å². The van der Waals surface area contributed by atoms with Crippen molar-refractivity contribution in [1.29, 1.82) is 0 Å². The van der Waals surface area contributed by atoms with Crippen LogP contribution >= 0.6 is 0 Å². The second-order valence-electron chi connectivity index (χ2n) is 5.20. The van der Waals surface area contributed by atoms with Gasteiger partial charge in [-0.05, 0) is 32.9 Å². The van der Waals surface area contributed by atoms with Gasteiger partial charge >= 0.3 is 5.69 Å². The molecule has 0 saturated carbocycles. The Labute approximate surface area is 117 Å². The van der Waals surface area contributed by atoms with Crippen molar-refractivity contribution in [1.82, 2.24) is 0 Å². The maximum absolute atomic E-state index is 11.6. The predicted octanol–water partition coefficient (Wildman–Crippen LogP) is 1.57. The lowest BCUT2D eigenvalue weighted by atomic mass is 9.98. The number of anilines is 1. The van der Waals surface area contributed by atoms with Crippen LogP contribution in [0.1, 0.15) is 20.8 Å². The van der Waals surface area contributed by atoms with Crippen LogP contribution < -0.4 is 5.32 Å². The lowest BCUT2D eigenvalue weighted by molar-refractivity contribution is -0.386. The minimum atomic E-state index is -3.72. The molecule has 0 aromatic heterocycles. The first kappa shape index (κ1) is 16.4. The van der Waals surface area contributed by atoms with Gasteiger partial charge in [-0.3, -0.25) is 10.1 Å². The lowest BCUT2D eigenvalue weighted by Gasteiger charge is -2.30. The number of rotatable bonds is 5. The van der Waals surface area contributed by atoms with Gasteiger partial charge < -0.3 is 10.4 Å². The van der Waals surface area contributed by atoms with Crippen LogP contribution in [0.25, 0.3) is 0 Å². The molecule has 7 nitrogen and oxygen atoms in total. The Morgan fingerprint density at radius 1 is 1.40 bits per heavy atom. The number of aliphatic hydroxyl groups is 1. The quantitative estimate of drug-likeness (QED) is 0.631. The summed E-state index contributed by atoms with van der Waals surface area (Å²) in [4.78, 5) is 10.1. The third kappa shape index (κ3) is 3.45. The monoisotopic (exact) mass is 302 g/mol. The molecule has 1 rings (SSSR count). The molecule has 0 aliphatic carbocycles. The highest BCUT2D eigenvalue weighted by molar-refractivity contribution is 7.90. The Morgan fingerprint density at radius 3 is 2.35 bits per heavy atom. The summed E-state index contributed by atoms with van der Waals surface area (Å²) >= 11 is 0. The minimum absolute atomic E-state index is 0.0591. The van der Waals surface area contributed by atoms with Crippen molar-refractivity contribution >= 4 is 21.2 Å². The van der Waals surface area contributed by atoms with Crippen LogP contribution in [0, 0.1) is 10.1 Å². The van der Waals surface area contributed by atoms with E-state index in [4.69, 9.17) is 0 Å². The Hall–Kier alpha value is -1.67. The maximum Gasteiger partial charge on any atom is 0.310 e. The second kappa shape index (κ2) is 5.37. The average Bonchev–Trinajstić information content (AvgIpc) is 2.26. The standard InChI is InChI=1S/C12H18N2O5S/c1-8(15)12(2,3)13-9-6-5-7-10(20(4,18)19)11(9)14(16)17/h5-8,13,15H,1-4H3. The van der Waals surface area contributed by atoms with Crippen molar-refractivity contribution in [3.63, 3.8) is 0 Å². The number of nitrogens with zero attached hydrogens (tertiary/aromatic N) is 1. The first-order valence-corrected chi connectivity index (χ1v) is 7.79. The summed E-state index contributed by atoms with van der Waals surface area (Å²) in [5.41, 5.74) is -1.30. The maximum atomic E-state index is 11.6. The van der Waals surface area contributed by atoms with Crippen molar-refractivity contribution in [2.75, 3.05) is 11.6 Å². The molecule has 1 atom stereocenters. The lowest BCUT2D eigenvalue weighted by Crippen LogP contribution is -2.42. The fourth-order valence-corrected chi connectivity index (χ4v) is 2.42. The summed E-state index contributed by atoms with van der Waals surface area (Å²) in [6, 6.07) is 4.02. The van der Waals surface area contributed by atoms with E-state index in [9.17, 15) is 23.6 Å². The number of nitrogens with one attached hydrogen (secondary N) is 1. The largest absolute Gasteiger partial charge is 0.391 e. The normalized spacial score (nSPS) is 13.8. The molecule has 0 aliphatic rings. The number of nitro groups is 1. The zero-order valence-electron chi connectivity index (χ0n) is 11.7. The number of hydrogen-bond donors (Lipinski definition) is 2. The van der Waals surface area contributed by atoms with Crippen LogP contribution in [-0.2, 0) is 9.84 Å². The summed E-state index contributed by atoms with van der Waals surface area (Å²) in [6.07, 6.45) is 0.128. The smallest absolute Gasteiger partial charge is 0.310 e. The van der Waals surface area contributed by atoms with Crippen molar-refractivity contribution in [3.8, 4) is 0 Å². The number of benzene rings is 1. The van der Waals surface area contributed by atoms with E-state index in [2.05, 4.69) is 5.32 Å². The average molecular weight is 302 g/mol. The van der Waals surface area contributed by atoms with Gasteiger partial charge in [-0.15, -0.1) is 0 Å². The highest BCUT2D eigenvalue weighted by atomic mass is 32.2. The van der Waals surface area contributed by atoms with Gasteiger partial charge in [0.15, 0.2) is 9.84 Å². The number of para-hydroxylation sites is 1. The first-order valence-electron chi connectivity index (χ1n) is 5.90. The van der Waals surface area contributed by atoms with Crippen molar-refractivity contribution in [2.24, 2.45) is 0 Å². The highest BCUT2D eigenvalue weighted by Crippen LogP contribution is 2.34. The van der Waals surface area contributed by atoms with Gasteiger partial charge in [0.05, 0.1) is 16.6 Å². The number of aliphatic hydroxyl groups excluding tert-OH is 1. The number of hydrogen-bond acceptors (Lipinski definition) is 6. The number of sulfone groups is 1. The molecule has 8 heteroatoms. The van der Waals surface area contributed by atoms with Crippen LogP contribution in [0.15, 0.2) is 23.1 Å². The molecule has 1 unspecified atom stereocenters. The molecule has 2 N–H and O–H groups in total. The van der Waals surface area contributed by atoms with Crippen LogP contribution in [0.5, 0.6) is 0 Å². The first-order chi connectivity index (χ1) is 8.97. The van der Waals surface area contributed by atoms with Gasteiger partial charge in [0.1, 0.15) is 10.6 Å². The van der Waals surface area contributed by atoms with E-state index >= 15 is 0 Å². The van der Waals surface area contributed by atoms with Crippen molar-refractivity contribution in [2.45, 2.75) is 37.3 Å². The Bertz CT molecular complexity index is 623. The molecular formula is C12H18N2O5S. The van der Waals surface area contributed by atoms with Gasteiger partial charge in [-0.25, -0.2) is 8.42 Å². The summed E-state index contributed by atoms with van der Waals surface area (Å²) in [5, 5.41) is 23.7. The van der Waals surface area contributed by atoms with Gasteiger partial charge in [-0.2, -0.15) is 0 Å². The molecular weight excluding hydrogens is 284 g/mol. The zero-order chi connectivity index (χ0) is 15.7. The molecule has 0 aliphatic heterocycles. The van der Waals surface area contributed by atoms with Crippen LogP contribution in [0.3, 0.4) is 0 Å². The Kier molecular flexibility index (Phi) is 4.40. The Morgan fingerprint density at radius 2 is 1.95 bits per heavy atom. The summed E-state index contributed by atoms with van der Waals surface area (Å²) < 4.78 is 23.3. The van der Waals surface area contributed by atoms with E-state index in [0.29, 0.717) is 0 Å². The van der Waals surface area contributed by atoms with Crippen LogP contribution in [-0.4, -0.2) is 36.3 Å². The van der Waals surface area contributed by atoms with E-state index in [-0.39, 0.29) is 10.6 Å². The number of nitro benzene ring substituents is 1. The van der Waals surface area contributed by atoms with E-state index in [1.54, 1.807) is 20.8 Å². The van der Waals surface area contributed by atoms with E-state index in [0.717, 1.165) is 6.26 Å². The molecule has 1 aromatic rings. The summed E-state index contributed by atoms with van der Waals surface area (Å²) in [5.74, 6) is 0. The third-order valence-electron chi connectivity index (χ3n) is 3.08. The zero-order valence-corrected chi connectivity index (χ0v) is 12.6. The van der Waals surface area contributed by atoms with Gasteiger partial charge in [-0.1, -0.05) is 6.07 Å². The summed E-state index contributed by atoms with van der Waals surface area (Å²) in [7, 11) is -3.72. The van der Waals surface area contributed by atoms with Gasteiger partial charge in [0.2, 0.25) is 0 Å². The molecule has 112 valence electrons. The molecule has 0 radical (unpaired) electrons. The predicted molar refractivity (Wildman–Crippen MR) is 75.6 cm³/mol. The molecule has 0 fully saturated rings. The molecule has 0 bridgehead atoms.